The molecule has 0 saturated heterocycles. The molecule has 21 heavy (non-hydrogen) atoms. The molecule has 1 aliphatic rings. The maximum atomic E-state index is 3.68. The molecule has 112 valence electrons. The van der Waals surface area contributed by atoms with Crippen LogP contribution >= 0.6 is 11.3 Å². The van der Waals surface area contributed by atoms with E-state index in [1.807, 2.05) is 11.3 Å². The van der Waals surface area contributed by atoms with Crippen molar-refractivity contribution in [2.75, 3.05) is 11.9 Å². The van der Waals surface area contributed by atoms with Gasteiger partial charge in [-0.1, -0.05) is 49.6 Å². The second-order valence-electron chi connectivity index (χ2n) is 6.06. The van der Waals surface area contributed by atoms with E-state index in [1.165, 1.54) is 49.1 Å². The van der Waals surface area contributed by atoms with Crippen molar-refractivity contribution in [3.8, 4) is 0 Å². The van der Waals surface area contributed by atoms with Gasteiger partial charge in [-0.15, -0.1) is 11.3 Å². The Bertz CT molecular complexity index is 526. The number of aryl methyl sites for hydroxylation is 1. The van der Waals surface area contributed by atoms with Crippen LogP contribution in [0.2, 0.25) is 0 Å². The molecule has 0 aliphatic heterocycles. The van der Waals surface area contributed by atoms with Crippen molar-refractivity contribution >= 4 is 16.3 Å². The van der Waals surface area contributed by atoms with Crippen LogP contribution in [0.3, 0.4) is 0 Å². The summed E-state index contributed by atoms with van der Waals surface area (Å²) in [6, 6.07) is 13.1. The number of rotatable bonds is 6. The molecule has 1 aromatic carbocycles. The van der Waals surface area contributed by atoms with E-state index < -0.39 is 0 Å². The zero-order valence-corrected chi connectivity index (χ0v) is 13.5. The van der Waals surface area contributed by atoms with Crippen LogP contribution in [-0.2, 0) is 6.42 Å². The molecule has 1 heterocycles. The lowest BCUT2D eigenvalue weighted by molar-refractivity contribution is 0.445. The highest BCUT2D eigenvalue weighted by atomic mass is 32.1. The number of thiophene rings is 1. The summed E-state index contributed by atoms with van der Waals surface area (Å²) in [6.45, 7) is 1.08. The first-order valence-corrected chi connectivity index (χ1v) is 9.16. The van der Waals surface area contributed by atoms with E-state index >= 15 is 0 Å². The van der Waals surface area contributed by atoms with Gasteiger partial charge in [0.05, 0.1) is 5.00 Å². The Labute approximate surface area is 132 Å². The lowest BCUT2D eigenvalue weighted by atomic mass is 9.85. The van der Waals surface area contributed by atoms with Gasteiger partial charge in [-0.2, -0.15) is 0 Å². The van der Waals surface area contributed by atoms with Crippen molar-refractivity contribution in [3.05, 3.63) is 52.9 Å². The van der Waals surface area contributed by atoms with Gasteiger partial charge in [-0.25, -0.2) is 0 Å². The molecule has 1 aliphatic carbocycles. The largest absolute Gasteiger partial charge is 0.377 e. The molecular weight excluding hydrogens is 274 g/mol. The molecule has 0 atom stereocenters. The third-order valence-corrected chi connectivity index (χ3v) is 5.40. The summed E-state index contributed by atoms with van der Waals surface area (Å²) < 4.78 is 0. The van der Waals surface area contributed by atoms with E-state index in [-0.39, 0.29) is 0 Å². The van der Waals surface area contributed by atoms with Gasteiger partial charge in [0.1, 0.15) is 0 Å². The van der Waals surface area contributed by atoms with Gasteiger partial charge in [-0.3, -0.25) is 0 Å². The van der Waals surface area contributed by atoms with Crippen LogP contribution in [0.1, 0.15) is 55.6 Å². The molecule has 2 aromatic rings. The standard InChI is InChI=1S/C19H25NS/c1-3-8-16(9-4-1)10-7-14-20-19-18(13-15-21-19)17-11-5-2-6-12-17/h1,3-4,8-9,13,15,17,20H,2,5-7,10-12,14H2. The molecule has 0 unspecified atom stereocenters. The van der Waals surface area contributed by atoms with E-state index in [4.69, 9.17) is 0 Å². The van der Waals surface area contributed by atoms with Crippen LogP contribution in [0.15, 0.2) is 41.8 Å². The van der Waals surface area contributed by atoms with Crippen LogP contribution in [0.4, 0.5) is 5.00 Å². The number of hydrogen-bond donors (Lipinski definition) is 1. The van der Waals surface area contributed by atoms with Gasteiger partial charge >= 0.3 is 0 Å². The summed E-state index contributed by atoms with van der Waals surface area (Å²) >= 11 is 1.88. The van der Waals surface area contributed by atoms with Crippen molar-refractivity contribution in [1.82, 2.24) is 0 Å². The Kier molecular flexibility index (Phi) is 5.34. The first-order chi connectivity index (χ1) is 10.4. The van der Waals surface area contributed by atoms with Crippen molar-refractivity contribution in [3.63, 3.8) is 0 Å². The quantitative estimate of drug-likeness (QED) is 0.661. The molecule has 1 fully saturated rings. The number of benzene rings is 1. The van der Waals surface area contributed by atoms with Crippen molar-refractivity contribution in [2.24, 2.45) is 0 Å². The zero-order valence-electron chi connectivity index (χ0n) is 12.7. The lowest BCUT2D eigenvalue weighted by Gasteiger charge is -2.22. The highest BCUT2D eigenvalue weighted by Gasteiger charge is 2.19. The highest BCUT2D eigenvalue weighted by Crippen LogP contribution is 2.38. The molecule has 1 nitrogen and oxygen atoms in total. The fourth-order valence-corrected chi connectivity index (χ4v) is 4.24. The number of hydrogen-bond acceptors (Lipinski definition) is 2. The molecule has 0 spiro atoms. The van der Waals surface area contributed by atoms with Crippen LogP contribution in [0.25, 0.3) is 0 Å². The Morgan fingerprint density at radius 3 is 2.62 bits per heavy atom. The average Bonchev–Trinajstić information content (AvgIpc) is 3.02. The molecular formula is C19H25NS. The summed E-state index contributed by atoms with van der Waals surface area (Å²) in [6.07, 6.45) is 9.39. The molecule has 1 aromatic heterocycles. The smallest absolute Gasteiger partial charge is 0.0917 e. The van der Waals surface area contributed by atoms with Gasteiger partial charge in [0, 0.05) is 6.54 Å². The van der Waals surface area contributed by atoms with Crippen molar-refractivity contribution in [2.45, 2.75) is 50.9 Å². The fraction of sp³-hybridized carbons (Fsp3) is 0.474. The first kappa shape index (κ1) is 14.6. The summed E-state index contributed by atoms with van der Waals surface area (Å²) in [5.41, 5.74) is 3.03. The van der Waals surface area contributed by atoms with Gasteiger partial charge in [0.2, 0.25) is 0 Å². The van der Waals surface area contributed by atoms with Crippen LogP contribution < -0.4 is 5.32 Å². The molecule has 0 amide bonds. The third-order valence-electron chi connectivity index (χ3n) is 4.51. The highest BCUT2D eigenvalue weighted by molar-refractivity contribution is 7.14. The van der Waals surface area contributed by atoms with Crippen LogP contribution in [0, 0.1) is 0 Å². The predicted molar refractivity (Wildman–Crippen MR) is 93.4 cm³/mol. The van der Waals surface area contributed by atoms with Gasteiger partial charge < -0.3 is 5.32 Å². The minimum Gasteiger partial charge on any atom is -0.377 e. The first-order valence-electron chi connectivity index (χ1n) is 8.28. The Morgan fingerprint density at radius 1 is 1.00 bits per heavy atom. The summed E-state index contributed by atoms with van der Waals surface area (Å²) in [5.74, 6) is 0.807. The molecule has 1 N–H and O–H groups in total. The van der Waals surface area contributed by atoms with Gasteiger partial charge in [0.15, 0.2) is 0 Å². The van der Waals surface area contributed by atoms with E-state index in [9.17, 15) is 0 Å². The Morgan fingerprint density at radius 2 is 1.81 bits per heavy atom. The van der Waals surface area contributed by atoms with Crippen LogP contribution in [0.5, 0.6) is 0 Å². The number of nitrogens with one attached hydrogen (secondary N) is 1. The molecule has 0 bridgehead atoms. The van der Waals surface area contributed by atoms with Crippen molar-refractivity contribution < 1.29 is 0 Å². The van der Waals surface area contributed by atoms with E-state index in [0.717, 1.165) is 18.9 Å². The third kappa shape index (κ3) is 4.10. The normalized spacial score (nSPS) is 16.0. The van der Waals surface area contributed by atoms with E-state index in [1.54, 1.807) is 5.56 Å². The Hall–Kier alpha value is -1.28. The molecule has 1 saturated carbocycles. The summed E-state index contributed by atoms with van der Waals surface area (Å²) in [4.78, 5) is 0. The second-order valence-corrected chi connectivity index (χ2v) is 6.97. The monoisotopic (exact) mass is 299 g/mol. The SMILES string of the molecule is c1ccc(CCCNc2sccc2C2CCCCC2)cc1. The average molecular weight is 299 g/mol. The topological polar surface area (TPSA) is 12.0 Å². The predicted octanol–water partition coefficient (Wildman–Crippen LogP) is 5.84. The molecule has 3 rings (SSSR count). The second kappa shape index (κ2) is 7.65. The number of anilines is 1. The van der Waals surface area contributed by atoms with Crippen LogP contribution in [-0.4, -0.2) is 6.54 Å². The molecule has 0 radical (unpaired) electrons. The maximum absolute atomic E-state index is 3.68. The zero-order chi connectivity index (χ0) is 14.3. The molecule has 2 heteroatoms. The van der Waals surface area contributed by atoms with E-state index in [2.05, 4.69) is 47.1 Å². The minimum absolute atomic E-state index is 0.807. The minimum atomic E-state index is 0.807. The van der Waals surface area contributed by atoms with E-state index in [0.29, 0.717) is 0 Å². The van der Waals surface area contributed by atoms with Crippen molar-refractivity contribution in [1.29, 1.82) is 0 Å². The Balaban J connectivity index is 1.48. The summed E-state index contributed by atoms with van der Waals surface area (Å²) in [7, 11) is 0. The maximum Gasteiger partial charge on any atom is 0.0917 e. The van der Waals surface area contributed by atoms with Gasteiger partial charge in [-0.05, 0) is 54.2 Å². The lowest BCUT2D eigenvalue weighted by Crippen LogP contribution is -2.08. The van der Waals surface area contributed by atoms with Gasteiger partial charge in [0.25, 0.3) is 0 Å². The summed E-state index contributed by atoms with van der Waals surface area (Å²) in [5, 5.41) is 7.36. The fourth-order valence-electron chi connectivity index (χ4n) is 3.34.